The van der Waals surface area contributed by atoms with Crippen molar-refractivity contribution in [1.29, 1.82) is 0 Å². The van der Waals surface area contributed by atoms with Gasteiger partial charge in [-0.05, 0) is 64.8 Å². The van der Waals surface area contributed by atoms with Crippen molar-refractivity contribution in [2.24, 2.45) is 10.7 Å². The SMILES string of the molecule is CN=C1C(=C(C)N)OC(C)(C)CN1C(=O)c1cc(Br)c(O)c(Br)c1. The van der Waals surface area contributed by atoms with Crippen molar-refractivity contribution < 1.29 is 14.6 Å². The molecule has 0 radical (unpaired) electrons. The van der Waals surface area contributed by atoms with Crippen LogP contribution in [0.5, 0.6) is 5.75 Å². The summed E-state index contributed by atoms with van der Waals surface area (Å²) < 4.78 is 6.74. The van der Waals surface area contributed by atoms with Gasteiger partial charge in [0.1, 0.15) is 11.4 Å². The smallest absolute Gasteiger partial charge is 0.259 e. The molecule has 3 N–H and O–H groups in total. The number of morpholine rings is 1. The Balaban J connectivity index is 2.52. The van der Waals surface area contributed by atoms with E-state index in [1.807, 2.05) is 13.8 Å². The van der Waals surface area contributed by atoms with Crippen molar-refractivity contribution >= 4 is 43.6 Å². The minimum atomic E-state index is -0.606. The number of aromatic hydroxyl groups is 1. The number of carbonyl (C=O) groups excluding carboxylic acids is 1. The summed E-state index contributed by atoms with van der Waals surface area (Å²) in [5, 5.41) is 9.83. The van der Waals surface area contributed by atoms with Crippen molar-refractivity contribution in [3.05, 3.63) is 38.1 Å². The van der Waals surface area contributed by atoms with Crippen LogP contribution in [-0.4, -0.2) is 40.9 Å². The highest BCUT2D eigenvalue weighted by Crippen LogP contribution is 2.35. The van der Waals surface area contributed by atoms with Crippen molar-refractivity contribution in [1.82, 2.24) is 4.90 Å². The van der Waals surface area contributed by atoms with Crippen molar-refractivity contribution in [3.8, 4) is 5.75 Å². The molecule has 6 nitrogen and oxygen atoms in total. The third-order valence-electron chi connectivity index (χ3n) is 3.45. The fraction of sp³-hybridized carbons (Fsp3) is 0.375. The maximum absolute atomic E-state index is 13.0. The Labute approximate surface area is 157 Å². The molecule has 0 saturated carbocycles. The second kappa shape index (κ2) is 6.76. The number of halogens is 2. The number of nitrogens with zero attached hydrogens (tertiary/aromatic N) is 2. The number of allylic oxidation sites excluding steroid dienone is 1. The van der Waals surface area contributed by atoms with Crippen LogP contribution in [0.15, 0.2) is 37.5 Å². The van der Waals surface area contributed by atoms with Crippen LogP contribution in [0.4, 0.5) is 0 Å². The molecule has 0 bridgehead atoms. The second-order valence-corrected chi connectivity index (χ2v) is 7.81. The molecule has 2 rings (SSSR count). The number of carbonyl (C=O) groups is 1. The van der Waals surface area contributed by atoms with E-state index in [4.69, 9.17) is 10.5 Å². The molecule has 0 unspecified atom stereocenters. The number of amides is 1. The van der Waals surface area contributed by atoms with E-state index in [9.17, 15) is 9.90 Å². The quantitative estimate of drug-likeness (QED) is 0.672. The van der Waals surface area contributed by atoms with Gasteiger partial charge < -0.3 is 15.6 Å². The normalized spacial score (nSPS) is 20.8. The number of ether oxygens (including phenoxy) is 1. The molecule has 8 heteroatoms. The summed E-state index contributed by atoms with van der Waals surface area (Å²) in [6.07, 6.45) is 0. The first-order valence-electron chi connectivity index (χ1n) is 7.20. The summed E-state index contributed by atoms with van der Waals surface area (Å²) in [5.74, 6) is 0.572. The van der Waals surface area contributed by atoms with E-state index in [0.29, 0.717) is 38.3 Å². The summed E-state index contributed by atoms with van der Waals surface area (Å²) in [7, 11) is 1.59. The minimum Gasteiger partial charge on any atom is -0.506 e. The van der Waals surface area contributed by atoms with E-state index in [2.05, 4.69) is 36.9 Å². The molecule has 1 saturated heterocycles. The molecule has 1 aromatic rings. The van der Waals surface area contributed by atoms with Gasteiger partial charge in [0.2, 0.25) is 0 Å². The largest absolute Gasteiger partial charge is 0.506 e. The predicted molar refractivity (Wildman–Crippen MR) is 100.0 cm³/mol. The molecule has 1 aliphatic heterocycles. The summed E-state index contributed by atoms with van der Waals surface area (Å²) >= 11 is 6.49. The van der Waals surface area contributed by atoms with E-state index in [1.54, 1.807) is 31.0 Å². The van der Waals surface area contributed by atoms with Crippen molar-refractivity contribution in [2.45, 2.75) is 26.4 Å². The summed E-state index contributed by atoms with van der Waals surface area (Å²) in [4.78, 5) is 18.8. The lowest BCUT2D eigenvalue weighted by molar-refractivity contribution is 0.00416. The zero-order valence-corrected chi connectivity index (χ0v) is 17.0. The van der Waals surface area contributed by atoms with Gasteiger partial charge >= 0.3 is 0 Å². The number of hydrogen-bond acceptors (Lipinski definition) is 5. The first kappa shape index (κ1) is 18.8. The number of rotatable bonds is 1. The van der Waals surface area contributed by atoms with Crippen molar-refractivity contribution in [2.75, 3.05) is 13.6 Å². The average Bonchev–Trinajstić information content (AvgIpc) is 2.49. The lowest BCUT2D eigenvalue weighted by atomic mass is 10.0. The molecule has 130 valence electrons. The van der Waals surface area contributed by atoms with Gasteiger partial charge in [0.05, 0.1) is 21.2 Å². The Morgan fingerprint density at radius 3 is 2.38 bits per heavy atom. The minimum absolute atomic E-state index is 0.0385. The van der Waals surface area contributed by atoms with Gasteiger partial charge in [-0.2, -0.15) is 0 Å². The first-order valence-corrected chi connectivity index (χ1v) is 8.78. The maximum atomic E-state index is 13.0. The second-order valence-electron chi connectivity index (χ2n) is 6.10. The molecule has 24 heavy (non-hydrogen) atoms. The van der Waals surface area contributed by atoms with Crippen LogP contribution in [0.25, 0.3) is 0 Å². The van der Waals surface area contributed by atoms with Gasteiger partial charge in [0.25, 0.3) is 5.91 Å². The number of amidine groups is 1. The van der Waals surface area contributed by atoms with Crippen molar-refractivity contribution in [3.63, 3.8) is 0 Å². The van der Waals surface area contributed by atoms with Crippen LogP contribution < -0.4 is 5.73 Å². The van der Waals surface area contributed by atoms with E-state index in [-0.39, 0.29) is 11.7 Å². The van der Waals surface area contributed by atoms with Gasteiger partial charge in [0.15, 0.2) is 11.6 Å². The molecule has 0 aliphatic carbocycles. The van der Waals surface area contributed by atoms with E-state index >= 15 is 0 Å². The lowest BCUT2D eigenvalue weighted by Crippen LogP contribution is -2.53. The molecule has 1 aliphatic rings. The standard InChI is InChI=1S/C16H19Br2N3O3/c1-8(19)13-14(20-4)21(7-16(2,3)24-13)15(23)9-5-10(17)12(22)11(18)6-9/h5-6,22H,7,19H2,1-4H3. The highest BCUT2D eigenvalue weighted by atomic mass is 79.9. The highest BCUT2D eigenvalue weighted by Gasteiger charge is 2.39. The molecule has 1 aromatic carbocycles. The summed E-state index contributed by atoms with van der Waals surface area (Å²) in [5.41, 5.74) is 6.16. The molecule has 1 heterocycles. The summed E-state index contributed by atoms with van der Waals surface area (Å²) in [6.45, 7) is 5.79. The number of hydrogen-bond donors (Lipinski definition) is 2. The topological polar surface area (TPSA) is 88.2 Å². The highest BCUT2D eigenvalue weighted by molar-refractivity contribution is 9.11. The molecular formula is C16H19Br2N3O3. The monoisotopic (exact) mass is 459 g/mol. The van der Waals surface area contributed by atoms with Gasteiger partial charge in [0, 0.05) is 12.6 Å². The lowest BCUT2D eigenvalue weighted by Gasteiger charge is -2.40. The molecular weight excluding hydrogens is 442 g/mol. The van der Waals surface area contributed by atoms with Crippen LogP contribution in [0, 0.1) is 0 Å². The molecule has 1 fully saturated rings. The summed E-state index contributed by atoms with van der Waals surface area (Å²) in [6, 6.07) is 3.13. The van der Waals surface area contributed by atoms with Crippen LogP contribution in [0.2, 0.25) is 0 Å². The average molecular weight is 461 g/mol. The third-order valence-corrected chi connectivity index (χ3v) is 4.66. The zero-order valence-electron chi connectivity index (χ0n) is 13.9. The molecule has 1 amide bonds. The fourth-order valence-corrected chi connectivity index (χ4v) is 3.61. The number of phenols is 1. The van der Waals surface area contributed by atoms with Gasteiger partial charge in [-0.15, -0.1) is 0 Å². The van der Waals surface area contributed by atoms with Gasteiger partial charge in [-0.3, -0.25) is 14.7 Å². The van der Waals surface area contributed by atoms with E-state index in [1.165, 1.54) is 0 Å². The zero-order chi connectivity index (χ0) is 18.2. The van der Waals surface area contributed by atoms with Crippen LogP contribution >= 0.6 is 31.9 Å². The number of phenolic OH excluding ortho intramolecular Hbond substituents is 1. The molecule has 0 aromatic heterocycles. The van der Waals surface area contributed by atoms with E-state index < -0.39 is 5.60 Å². The van der Waals surface area contributed by atoms with Gasteiger partial charge in [-0.1, -0.05) is 0 Å². The fourth-order valence-electron chi connectivity index (χ4n) is 2.42. The third kappa shape index (κ3) is 3.59. The predicted octanol–water partition coefficient (Wildman–Crippen LogP) is 3.39. The maximum Gasteiger partial charge on any atom is 0.259 e. The molecule has 0 spiro atoms. The number of benzene rings is 1. The number of nitrogens with two attached hydrogens (primary N) is 1. The first-order chi connectivity index (χ1) is 11.1. The van der Waals surface area contributed by atoms with E-state index in [0.717, 1.165) is 0 Å². The van der Waals surface area contributed by atoms with Crippen LogP contribution in [0.3, 0.4) is 0 Å². The Kier molecular flexibility index (Phi) is 5.29. The molecule has 0 atom stereocenters. The van der Waals surface area contributed by atoms with Crippen LogP contribution in [-0.2, 0) is 4.74 Å². The number of aliphatic imine (C=N–C) groups is 1. The Morgan fingerprint density at radius 2 is 1.92 bits per heavy atom. The Bertz CT molecular complexity index is 730. The Morgan fingerprint density at radius 1 is 1.38 bits per heavy atom. The Hall–Kier alpha value is -1.54. The van der Waals surface area contributed by atoms with Crippen LogP contribution in [0.1, 0.15) is 31.1 Å². The van der Waals surface area contributed by atoms with Gasteiger partial charge in [-0.25, -0.2) is 0 Å².